The van der Waals surface area contributed by atoms with Crippen molar-refractivity contribution in [3.63, 3.8) is 0 Å². The van der Waals surface area contributed by atoms with Crippen LogP contribution in [0.1, 0.15) is 16.2 Å². The number of aryl methyl sites for hydroxylation is 3. The molecule has 0 aliphatic carbocycles. The molecule has 8 heteroatoms. The molecule has 0 spiro atoms. The lowest BCUT2D eigenvalue weighted by molar-refractivity contribution is 0.102. The van der Waals surface area contributed by atoms with Gasteiger partial charge in [0, 0.05) is 20.2 Å². The van der Waals surface area contributed by atoms with Crippen molar-refractivity contribution in [1.82, 2.24) is 19.6 Å². The number of carbonyl (C=O) groups excluding carboxylic acids is 1. The summed E-state index contributed by atoms with van der Waals surface area (Å²) < 4.78 is 8.75. The highest BCUT2D eigenvalue weighted by Gasteiger charge is 2.21. The third kappa shape index (κ3) is 2.48. The van der Waals surface area contributed by atoms with Gasteiger partial charge >= 0.3 is 0 Å². The molecule has 2 aromatic rings. The van der Waals surface area contributed by atoms with Gasteiger partial charge in [0.15, 0.2) is 5.69 Å². The van der Waals surface area contributed by atoms with E-state index < -0.39 is 0 Å². The Bertz CT molecular complexity index is 631. The number of nitrogens with one attached hydrogen (secondary N) is 1. The fourth-order valence-electron chi connectivity index (χ4n) is 1.75. The standard InChI is InChI=1S/C11H14BrN5O2/c1-6-5-7(16(2)14-6)13-10(18)9-8(12)11(19-4)17(3)15-9/h5H,1-4H3,(H,13,18). The lowest BCUT2D eigenvalue weighted by Crippen LogP contribution is -2.15. The quantitative estimate of drug-likeness (QED) is 0.926. The van der Waals surface area contributed by atoms with E-state index in [-0.39, 0.29) is 11.6 Å². The number of anilines is 1. The summed E-state index contributed by atoms with van der Waals surface area (Å²) in [6, 6.07) is 1.78. The van der Waals surface area contributed by atoms with Gasteiger partial charge in [-0.15, -0.1) is 0 Å². The zero-order chi connectivity index (χ0) is 14.2. The number of ether oxygens (including phenoxy) is 1. The van der Waals surface area contributed by atoms with Crippen LogP contribution in [0.25, 0.3) is 0 Å². The monoisotopic (exact) mass is 327 g/mol. The summed E-state index contributed by atoms with van der Waals surface area (Å²) in [6.07, 6.45) is 0. The van der Waals surface area contributed by atoms with E-state index >= 15 is 0 Å². The number of aromatic nitrogens is 4. The molecule has 0 saturated carbocycles. The minimum Gasteiger partial charge on any atom is -0.480 e. The number of hydrogen-bond acceptors (Lipinski definition) is 4. The molecular formula is C11H14BrN5O2. The maximum absolute atomic E-state index is 12.2. The van der Waals surface area contributed by atoms with Crippen molar-refractivity contribution in [3.05, 3.63) is 21.9 Å². The number of nitrogens with zero attached hydrogens (tertiary/aromatic N) is 4. The molecule has 0 aromatic carbocycles. The minimum absolute atomic E-state index is 0.262. The van der Waals surface area contributed by atoms with Gasteiger partial charge in [-0.05, 0) is 22.9 Å². The van der Waals surface area contributed by atoms with E-state index in [9.17, 15) is 4.79 Å². The van der Waals surface area contributed by atoms with Crippen LogP contribution >= 0.6 is 15.9 Å². The van der Waals surface area contributed by atoms with Crippen molar-refractivity contribution in [2.45, 2.75) is 6.92 Å². The molecule has 19 heavy (non-hydrogen) atoms. The molecular weight excluding hydrogens is 314 g/mol. The summed E-state index contributed by atoms with van der Waals surface area (Å²) in [4.78, 5) is 12.2. The summed E-state index contributed by atoms with van der Waals surface area (Å²) in [6.45, 7) is 1.86. The maximum atomic E-state index is 12.2. The molecule has 0 unspecified atom stereocenters. The fraction of sp³-hybridized carbons (Fsp3) is 0.364. The van der Waals surface area contributed by atoms with Crippen LogP contribution in [-0.4, -0.2) is 32.6 Å². The molecule has 2 heterocycles. The Balaban J connectivity index is 2.28. The molecule has 0 aliphatic heterocycles. The number of rotatable bonds is 3. The SMILES string of the molecule is COc1c(Br)c(C(=O)Nc2cc(C)nn2C)nn1C. The van der Waals surface area contributed by atoms with Gasteiger partial charge in [0.2, 0.25) is 5.88 Å². The van der Waals surface area contributed by atoms with Gasteiger partial charge in [0.25, 0.3) is 5.91 Å². The summed E-state index contributed by atoms with van der Waals surface area (Å²) in [7, 11) is 4.99. The van der Waals surface area contributed by atoms with Gasteiger partial charge in [-0.1, -0.05) is 0 Å². The maximum Gasteiger partial charge on any atom is 0.278 e. The molecule has 0 saturated heterocycles. The van der Waals surface area contributed by atoms with Gasteiger partial charge in [0.05, 0.1) is 12.8 Å². The summed E-state index contributed by atoms with van der Waals surface area (Å²) in [5.74, 6) is 0.777. The molecule has 0 radical (unpaired) electrons. The van der Waals surface area contributed by atoms with E-state index in [1.54, 1.807) is 24.8 Å². The van der Waals surface area contributed by atoms with Crippen molar-refractivity contribution in [2.24, 2.45) is 14.1 Å². The third-order valence-electron chi connectivity index (χ3n) is 2.59. The summed E-state index contributed by atoms with van der Waals surface area (Å²) >= 11 is 3.31. The van der Waals surface area contributed by atoms with Gasteiger partial charge < -0.3 is 10.1 Å². The Morgan fingerprint density at radius 1 is 1.37 bits per heavy atom. The molecule has 102 valence electrons. The van der Waals surface area contributed by atoms with Crippen molar-refractivity contribution in [2.75, 3.05) is 12.4 Å². The average molecular weight is 328 g/mol. The molecule has 0 fully saturated rings. The molecule has 2 aromatic heterocycles. The number of methoxy groups -OCH3 is 1. The molecule has 2 rings (SSSR count). The Hall–Kier alpha value is -1.83. The van der Waals surface area contributed by atoms with E-state index in [1.807, 2.05) is 6.92 Å². The first kappa shape index (κ1) is 13.6. The lowest BCUT2D eigenvalue weighted by atomic mass is 10.4. The second kappa shape index (κ2) is 5.04. The largest absolute Gasteiger partial charge is 0.480 e. The topological polar surface area (TPSA) is 74.0 Å². The summed E-state index contributed by atoms with van der Waals surface area (Å²) in [5.41, 5.74) is 1.09. The van der Waals surface area contributed by atoms with E-state index in [0.29, 0.717) is 16.2 Å². The first-order chi connectivity index (χ1) is 8.93. The fourth-order valence-corrected chi connectivity index (χ4v) is 2.43. The highest BCUT2D eigenvalue weighted by atomic mass is 79.9. The van der Waals surface area contributed by atoms with Crippen molar-refractivity contribution >= 4 is 27.7 Å². The molecule has 0 atom stereocenters. The first-order valence-corrected chi connectivity index (χ1v) is 6.31. The minimum atomic E-state index is -0.325. The molecule has 0 bridgehead atoms. The summed E-state index contributed by atoms with van der Waals surface area (Å²) in [5, 5.41) is 11.0. The van der Waals surface area contributed by atoms with Crippen LogP contribution in [0.15, 0.2) is 10.5 Å². The van der Waals surface area contributed by atoms with Crippen LogP contribution in [-0.2, 0) is 14.1 Å². The lowest BCUT2D eigenvalue weighted by Gasteiger charge is -2.03. The normalized spacial score (nSPS) is 10.6. The van der Waals surface area contributed by atoms with Gasteiger partial charge in [-0.25, -0.2) is 4.68 Å². The second-order valence-electron chi connectivity index (χ2n) is 4.04. The highest BCUT2D eigenvalue weighted by Crippen LogP contribution is 2.28. The third-order valence-corrected chi connectivity index (χ3v) is 3.31. The van der Waals surface area contributed by atoms with E-state index in [0.717, 1.165) is 5.69 Å². The Morgan fingerprint density at radius 2 is 2.05 bits per heavy atom. The van der Waals surface area contributed by atoms with Crippen molar-refractivity contribution in [1.29, 1.82) is 0 Å². The van der Waals surface area contributed by atoms with Gasteiger partial charge in [0.1, 0.15) is 10.3 Å². The number of amides is 1. The zero-order valence-corrected chi connectivity index (χ0v) is 12.6. The first-order valence-electron chi connectivity index (χ1n) is 5.52. The van der Waals surface area contributed by atoms with Crippen molar-refractivity contribution < 1.29 is 9.53 Å². The second-order valence-corrected chi connectivity index (χ2v) is 4.84. The Labute approximate surface area is 118 Å². The van der Waals surface area contributed by atoms with Crippen LogP contribution in [0.2, 0.25) is 0 Å². The number of hydrogen-bond donors (Lipinski definition) is 1. The molecule has 0 aliphatic rings. The average Bonchev–Trinajstić information content (AvgIpc) is 2.79. The Kier molecular flexibility index (Phi) is 3.61. The Morgan fingerprint density at radius 3 is 2.53 bits per heavy atom. The molecule has 1 N–H and O–H groups in total. The van der Waals surface area contributed by atoms with Crippen LogP contribution in [0.4, 0.5) is 5.82 Å². The number of carbonyl (C=O) groups is 1. The van der Waals surface area contributed by atoms with Gasteiger partial charge in [-0.2, -0.15) is 10.2 Å². The van der Waals surface area contributed by atoms with Gasteiger partial charge in [-0.3, -0.25) is 9.48 Å². The smallest absolute Gasteiger partial charge is 0.278 e. The molecule has 7 nitrogen and oxygen atoms in total. The van der Waals surface area contributed by atoms with Crippen LogP contribution in [0, 0.1) is 6.92 Å². The predicted octanol–water partition coefficient (Wildman–Crippen LogP) is 1.49. The highest BCUT2D eigenvalue weighted by molar-refractivity contribution is 9.10. The van der Waals surface area contributed by atoms with Crippen molar-refractivity contribution in [3.8, 4) is 5.88 Å². The zero-order valence-electron chi connectivity index (χ0n) is 11.1. The van der Waals surface area contributed by atoms with E-state index in [1.165, 1.54) is 11.8 Å². The van der Waals surface area contributed by atoms with Crippen LogP contribution in [0.3, 0.4) is 0 Å². The van der Waals surface area contributed by atoms with E-state index in [4.69, 9.17) is 4.74 Å². The van der Waals surface area contributed by atoms with Crippen LogP contribution < -0.4 is 10.1 Å². The molecule has 1 amide bonds. The van der Waals surface area contributed by atoms with Crippen LogP contribution in [0.5, 0.6) is 5.88 Å². The predicted molar refractivity (Wildman–Crippen MR) is 73.4 cm³/mol. The van der Waals surface area contributed by atoms with E-state index in [2.05, 4.69) is 31.4 Å². The number of halogens is 1.